The largest absolute Gasteiger partial charge is 0.478 e. The highest BCUT2D eigenvalue weighted by atomic mass is 16.4. The van der Waals surface area contributed by atoms with E-state index in [0.717, 1.165) is 33.8 Å². The van der Waals surface area contributed by atoms with Crippen molar-refractivity contribution < 1.29 is 9.90 Å². The highest BCUT2D eigenvalue weighted by Crippen LogP contribution is 2.37. The summed E-state index contributed by atoms with van der Waals surface area (Å²) in [5, 5.41) is 20.1. The average molecular weight is 407 g/mol. The molecule has 4 rings (SSSR count). The maximum Gasteiger partial charge on any atom is 0.328 e. The van der Waals surface area contributed by atoms with E-state index in [1.54, 1.807) is 0 Å². The third-order valence-corrected chi connectivity index (χ3v) is 5.30. The van der Waals surface area contributed by atoms with Gasteiger partial charge in [0.2, 0.25) is 0 Å². The van der Waals surface area contributed by atoms with Gasteiger partial charge in [-0.25, -0.2) is 9.78 Å². The summed E-state index contributed by atoms with van der Waals surface area (Å²) in [6.45, 7) is 3.87. The van der Waals surface area contributed by atoms with Gasteiger partial charge in [-0.1, -0.05) is 60.7 Å². The Labute approximate surface area is 180 Å². The second-order valence-electron chi connectivity index (χ2n) is 7.42. The predicted molar refractivity (Wildman–Crippen MR) is 121 cm³/mol. The first-order valence-electron chi connectivity index (χ1n) is 9.94. The number of benzene rings is 2. The van der Waals surface area contributed by atoms with E-state index in [4.69, 9.17) is 4.98 Å². The Hall–Kier alpha value is -4.17. The van der Waals surface area contributed by atoms with Gasteiger partial charge >= 0.3 is 5.97 Å². The zero-order valence-electron chi connectivity index (χ0n) is 17.3. The van der Waals surface area contributed by atoms with Crippen molar-refractivity contribution in [1.29, 1.82) is 5.26 Å². The van der Waals surface area contributed by atoms with E-state index < -0.39 is 5.97 Å². The molecular weight excluding hydrogens is 386 g/mol. The van der Waals surface area contributed by atoms with Crippen molar-refractivity contribution in [2.75, 3.05) is 0 Å². The van der Waals surface area contributed by atoms with Crippen LogP contribution in [0.15, 0.2) is 72.8 Å². The molecule has 0 unspecified atom stereocenters. The molecule has 0 saturated carbocycles. The number of aromatic nitrogens is 2. The molecule has 4 aromatic rings. The van der Waals surface area contributed by atoms with Crippen LogP contribution in [-0.2, 0) is 4.79 Å². The van der Waals surface area contributed by atoms with Crippen molar-refractivity contribution in [3.05, 3.63) is 106 Å². The number of aliphatic carboxylic acids is 1. The monoisotopic (exact) mass is 407 g/mol. The molecule has 5 heteroatoms. The molecule has 0 fully saturated rings. The smallest absolute Gasteiger partial charge is 0.328 e. The highest BCUT2D eigenvalue weighted by molar-refractivity contribution is 5.94. The number of rotatable bonds is 5. The summed E-state index contributed by atoms with van der Waals surface area (Å²) >= 11 is 0. The van der Waals surface area contributed by atoms with Crippen LogP contribution in [0.5, 0.6) is 0 Å². The van der Waals surface area contributed by atoms with Crippen LogP contribution >= 0.6 is 0 Å². The summed E-state index contributed by atoms with van der Waals surface area (Å²) in [6.07, 6.45) is 2.57. The van der Waals surface area contributed by atoms with Crippen LogP contribution < -0.4 is 0 Å². The Balaban J connectivity index is 2.17. The molecule has 0 atom stereocenters. The quantitative estimate of drug-likeness (QED) is 0.458. The standard InChI is InChI=1S/C26H21N3O2/c1-17-15-18(2)28-26-24(17)21(16-27)22(13-14-23(30)31)29(26)25(19-9-5-3-6-10-19)20-11-7-4-8-12-20/h3-15,25H,1-2H3,(H,30,31)/b14-13+. The molecule has 0 aliphatic rings. The number of hydrogen-bond donors (Lipinski definition) is 1. The van der Waals surface area contributed by atoms with Crippen LogP contribution in [0.3, 0.4) is 0 Å². The van der Waals surface area contributed by atoms with Crippen LogP contribution in [0.2, 0.25) is 0 Å². The van der Waals surface area contributed by atoms with E-state index in [1.165, 1.54) is 6.08 Å². The van der Waals surface area contributed by atoms with Gasteiger partial charge in [-0.2, -0.15) is 5.26 Å². The van der Waals surface area contributed by atoms with E-state index in [9.17, 15) is 15.2 Å². The van der Waals surface area contributed by atoms with E-state index in [2.05, 4.69) is 6.07 Å². The molecule has 5 nitrogen and oxygen atoms in total. The Bertz CT molecular complexity index is 1290. The maximum atomic E-state index is 11.3. The minimum absolute atomic E-state index is 0.283. The van der Waals surface area contributed by atoms with Gasteiger partial charge < -0.3 is 9.67 Å². The number of pyridine rings is 1. The summed E-state index contributed by atoms with van der Waals surface area (Å²) in [5.41, 5.74) is 5.41. The SMILES string of the molecule is Cc1cc(C)c2c(C#N)c(/C=C/C(=O)O)n(C(c3ccccc3)c3ccccc3)c2n1. The zero-order valence-corrected chi connectivity index (χ0v) is 17.3. The normalized spacial score (nSPS) is 11.3. The van der Waals surface area contributed by atoms with E-state index >= 15 is 0 Å². The van der Waals surface area contributed by atoms with Crippen molar-refractivity contribution >= 4 is 23.1 Å². The van der Waals surface area contributed by atoms with Crippen LogP contribution in [0.4, 0.5) is 0 Å². The Morgan fingerprint density at radius 1 is 1.06 bits per heavy atom. The molecule has 0 aliphatic heterocycles. The fourth-order valence-electron chi connectivity index (χ4n) is 4.11. The van der Waals surface area contributed by atoms with E-state index in [1.807, 2.05) is 85.1 Å². The summed E-state index contributed by atoms with van der Waals surface area (Å²) in [7, 11) is 0. The summed E-state index contributed by atoms with van der Waals surface area (Å²) in [6, 6.07) is 23.9. The first-order chi connectivity index (χ1) is 15.0. The lowest BCUT2D eigenvalue weighted by atomic mass is 9.98. The molecule has 2 aromatic carbocycles. The van der Waals surface area contributed by atoms with Crippen LogP contribution in [0, 0.1) is 25.2 Å². The first kappa shape index (κ1) is 20.1. The third-order valence-electron chi connectivity index (χ3n) is 5.30. The average Bonchev–Trinajstić information content (AvgIpc) is 3.07. The van der Waals surface area contributed by atoms with Crippen LogP contribution in [-0.4, -0.2) is 20.6 Å². The van der Waals surface area contributed by atoms with Gasteiger partial charge in [-0.3, -0.25) is 0 Å². The minimum atomic E-state index is -1.07. The molecule has 2 heterocycles. The fourth-order valence-corrected chi connectivity index (χ4v) is 4.11. The Morgan fingerprint density at radius 2 is 1.65 bits per heavy atom. The third kappa shape index (κ3) is 3.72. The van der Waals surface area contributed by atoms with E-state index in [-0.39, 0.29) is 6.04 Å². The van der Waals surface area contributed by atoms with Crippen molar-refractivity contribution in [1.82, 2.24) is 9.55 Å². The van der Waals surface area contributed by atoms with Gasteiger partial charge in [0.15, 0.2) is 0 Å². The van der Waals surface area contributed by atoms with Gasteiger partial charge in [0.25, 0.3) is 0 Å². The lowest BCUT2D eigenvalue weighted by molar-refractivity contribution is -0.131. The molecule has 0 saturated heterocycles. The fraction of sp³-hybridized carbons (Fsp3) is 0.115. The number of aryl methyl sites for hydroxylation is 2. The first-order valence-corrected chi connectivity index (χ1v) is 9.94. The number of hydrogen-bond acceptors (Lipinski definition) is 3. The van der Waals surface area contributed by atoms with Crippen molar-refractivity contribution in [2.45, 2.75) is 19.9 Å². The Morgan fingerprint density at radius 3 is 2.16 bits per heavy atom. The second kappa shape index (κ2) is 8.29. The van der Waals surface area contributed by atoms with Crippen molar-refractivity contribution in [3.8, 4) is 6.07 Å². The topological polar surface area (TPSA) is 78.9 Å². The number of nitrogens with zero attached hydrogens (tertiary/aromatic N) is 3. The molecule has 0 spiro atoms. The zero-order chi connectivity index (χ0) is 22.0. The van der Waals surface area contributed by atoms with Crippen LogP contribution in [0.25, 0.3) is 17.1 Å². The molecule has 0 amide bonds. The minimum Gasteiger partial charge on any atom is -0.478 e. The molecule has 152 valence electrons. The van der Waals surface area contributed by atoms with Gasteiger partial charge in [0.05, 0.1) is 17.3 Å². The Kier molecular flexibility index (Phi) is 5.38. The molecule has 0 radical (unpaired) electrons. The van der Waals surface area contributed by atoms with Crippen LogP contribution in [0.1, 0.15) is 39.7 Å². The molecule has 31 heavy (non-hydrogen) atoms. The van der Waals surface area contributed by atoms with E-state index in [0.29, 0.717) is 16.9 Å². The van der Waals surface area contributed by atoms with Crippen molar-refractivity contribution in [2.24, 2.45) is 0 Å². The number of nitriles is 1. The predicted octanol–water partition coefficient (Wildman–Crippen LogP) is 5.26. The second-order valence-corrected chi connectivity index (χ2v) is 7.42. The lowest BCUT2D eigenvalue weighted by Gasteiger charge is -2.23. The summed E-state index contributed by atoms with van der Waals surface area (Å²) < 4.78 is 1.98. The van der Waals surface area contributed by atoms with Gasteiger partial charge in [0, 0.05) is 17.2 Å². The molecule has 0 bridgehead atoms. The number of carboxylic acid groups (broad SMARTS) is 1. The highest BCUT2D eigenvalue weighted by Gasteiger charge is 2.26. The van der Waals surface area contributed by atoms with Crippen molar-refractivity contribution in [3.63, 3.8) is 0 Å². The molecule has 2 aromatic heterocycles. The number of carbonyl (C=O) groups is 1. The lowest BCUT2D eigenvalue weighted by Crippen LogP contribution is -2.15. The molecule has 0 aliphatic carbocycles. The summed E-state index contributed by atoms with van der Waals surface area (Å²) in [5.74, 6) is -1.07. The van der Waals surface area contributed by atoms with Gasteiger partial charge in [0.1, 0.15) is 11.7 Å². The maximum absolute atomic E-state index is 11.3. The van der Waals surface area contributed by atoms with Gasteiger partial charge in [-0.05, 0) is 42.7 Å². The summed E-state index contributed by atoms with van der Waals surface area (Å²) in [4.78, 5) is 16.1. The molecule has 1 N–H and O–H groups in total. The van der Waals surface area contributed by atoms with Gasteiger partial charge in [-0.15, -0.1) is 0 Å². The number of fused-ring (bicyclic) bond motifs is 1. The number of carboxylic acids is 1. The molecular formula is C26H21N3O2.